The molecule has 0 atom stereocenters. The average molecular weight is 314 g/mol. The van der Waals surface area contributed by atoms with Gasteiger partial charge in [-0.15, -0.1) is 0 Å². The summed E-state index contributed by atoms with van der Waals surface area (Å²) in [5.74, 6) is -0.189. The number of carbonyl (C=O) groups excluding carboxylic acids is 1. The summed E-state index contributed by atoms with van der Waals surface area (Å²) >= 11 is 0. The van der Waals surface area contributed by atoms with Crippen LogP contribution >= 0.6 is 0 Å². The second kappa shape index (κ2) is 7.20. The number of carbonyl (C=O) groups is 1. The molecular weight excluding hydrogens is 300 g/mol. The third-order valence-electron chi connectivity index (χ3n) is 2.94. The summed E-state index contributed by atoms with van der Waals surface area (Å²) in [5, 5.41) is 0. The van der Waals surface area contributed by atoms with Crippen molar-refractivity contribution in [2.75, 3.05) is 13.7 Å². The first kappa shape index (κ1) is 16.2. The van der Waals surface area contributed by atoms with Crippen molar-refractivity contribution in [3.63, 3.8) is 0 Å². The van der Waals surface area contributed by atoms with Crippen LogP contribution in [0.4, 0.5) is 0 Å². The van der Waals surface area contributed by atoms with Crippen molar-refractivity contribution >= 4 is 11.7 Å². The Labute approximate surface area is 131 Å². The van der Waals surface area contributed by atoms with E-state index in [4.69, 9.17) is 19.4 Å². The maximum absolute atomic E-state index is 11.8. The van der Waals surface area contributed by atoms with Gasteiger partial charge in [0.05, 0.1) is 13.7 Å². The van der Waals surface area contributed by atoms with E-state index in [1.807, 2.05) is 0 Å². The molecule has 0 unspecified atom stereocenters. The van der Waals surface area contributed by atoms with E-state index in [1.54, 1.807) is 38.3 Å². The number of methoxy groups -OCH3 is 1. The minimum atomic E-state index is -0.884. The van der Waals surface area contributed by atoms with Gasteiger partial charge in [0.25, 0.3) is 0 Å². The molecule has 0 spiro atoms. The van der Waals surface area contributed by atoms with Crippen molar-refractivity contribution in [3.05, 3.63) is 57.9 Å². The fourth-order valence-electron chi connectivity index (χ4n) is 1.88. The fraction of sp³-hybridized carbons (Fsp3) is 0.188. The van der Waals surface area contributed by atoms with Crippen LogP contribution in [0, 0.1) is 0 Å². The lowest BCUT2D eigenvalue weighted by Crippen LogP contribution is -2.21. The molecule has 0 bridgehead atoms. The predicted molar refractivity (Wildman–Crippen MR) is 81.3 cm³/mol. The van der Waals surface area contributed by atoms with Crippen LogP contribution < -0.4 is 10.2 Å². The lowest BCUT2D eigenvalue weighted by Gasteiger charge is -2.04. The van der Waals surface area contributed by atoms with Crippen molar-refractivity contribution in [3.8, 4) is 17.1 Å². The quantitative estimate of drug-likeness (QED) is 0.363. The van der Waals surface area contributed by atoms with Gasteiger partial charge >= 0.3 is 11.7 Å². The molecule has 0 radical (unpaired) electrons. The van der Waals surface area contributed by atoms with Gasteiger partial charge in [-0.05, 0) is 31.2 Å². The van der Waals surface area contributed by atoms with Crippen LogP contribution in [0.5, 0.6) is 5.75 Å². The maximum atomic E-state index is 11.8. The maximum Gasteiger partial charge on any atom is 0.441 e. The number of benzene rings is 1. The molecular formula is C16H14N2O5. The molecule has 0 saturated carbocycles. The lowest BCUT2D eigenvalue weighted by atomic mass is 10.1. The average Bonchev–Trinajstić information content (AvgIpc) is 2.55. The normalized spacial score (nSPS) is 9.83. The van der Waals surface area contributed by atoms with Gasteiger partial charge in [0.1, 0.15) is 11.5 Å². The van der Waals surface area contributed by atoms with Crippen LogP contribution in [-0.4, -0.2) is 30.2 Å². The van der Waals surface area contributed by atoms with Crippen LogP contribution in [0.3, 0.4) is 0 Å². The zero-order valence-electron chi connectivity index (χ0n) is 12.6. The SMILES string of the molecule is CCOC(=O)C(=[N+]=[N-])c1cc(=O)cc(-c2ccc(OC)cc2)o1. The van der Waals surface area contributed by atoms with Gasteiger partial charge < -0.3 is 19.4 Å². The van der Waals surface area contributed by atoms with E-state index in [1.165, 1.54) is 6.07 Å². The zero-order valence-corrected chi connectivity index (χ0v) is 12.6. The Morgan fingerprint density at radius 3 is 2.52 bits per heavy atom. The van der Waals surface area contributed by atoms with Gasteiger partial charge in [-0.1, -0.05) is 0 Å². The van der Waals surface area contributed by atoms with Crippen LogP contribution in [0.15, 0.2) is 45.6 Å². The third kappa shape index (κ3) is 3.72. The van der Waals surface area contributed by atoms with Crippen molar-refractivity contribution in [2.24, 2.45) is 0 Å². The van der Waals surface area contributed by atoms with Crippen molar-refractivity contribution < 1.29 is 23.5 Å². The fourth-order valence-corrected chi connectivity index (χ4v) is 1.88. The van der Waals surface area contributed by atoms with Crippen molar-refractivity contribution in [1.29, 1.82) is 0 Å². The van der Waals surface area contributed by atoms with E-state index in [-0.39, 0.29) is 18.1 Å². The van der Waals surface area contributed by atoms with Gasteiger partial charge in [-0.25, -0.2) is 4.79 Å². The molecule has 7 heteroatoms. The van der Waals surface area contributed by atoms with Gasteiger partial charge in [0.15, 0.2) is 5.43 Å². The molecule has 2 aromatic rings. The van der Waals surface area contributed by atoms with E-state index in [9.17, 15) is 9.59 Å². The minimum Gasteiger partial charge on any atom is -0.497 e. The molecule has 0 N–H and O–H groups in total. The monoisotopic (exact) mass is 314 g/mol. The molecule has 1 heterocycles. The molecule has 0 aliphatic rings. The number of ether oxygens (including phenoxy) is 2. The molecule has 7 nitrogen and oxygen atoms in total. The number of esters is 1. The van der Waals surface area contributed by atoms with Gasteiger partial charge in [-0.3, -0.25) is 4.79 Å². The first-order valence-electron chi connectivity index (χ1n) is 6.78. The Morgan fingerprint density at radius 1 is 1.26 bits per heavy atom. The molecule has 118 valence electrons. The zero-order chi connectivity index (χ0) is 16.8. The van der Waals surface area contributed by atoms with Crippen molar-refractivity contribution in [2.45, 2.75) is 6.92 Å². The van der Waals surface area contributed by atoms with E-state index in [2.05, 4.69) is 4.79 Å². The van der Waals surface area contributed by atoms with E-state index in [0.29, 0.717) is 11.3 Å². The highest BCUT2D eigenvalue weighted by Crippen LogP contribution is 2.22. The minimum absolute atomic E-state index is 0.0975. The summed E-state index contributed by atoms with van der Waals surface area (Å²) in [5.41, 5.74) is 8.74. The molecule has 1 aromatic heterocycles. The largest absolute Gasteiger partial charge is 0.497 e. The molecule has 0 aliphatic heterocycles. The van der Waals surface area contributed by atoms with E-state index in [0.717, 1.165) is 6.07 Å². The topological polar surface area (TPSA) is 102 Å². The van der Waals surface area contributed by atoms with Crippen LogP contribution in [0.25, 0.3) is 16.9 Å². The summed E-state index contributed by atoms with van der Waals surface area (Å²) in [7, 11) is 1.54. The smallest absolute Gasteiger partial charge is 0.441 e. The third-order valence-corrected chi connectivity index (χ3v) is 2.94. The number of hydrogen-bond acceptors (Lipinski definition) is 5. The molecule has 1 aromatic carbocycles. The van der Waals surface area contributed by atoms with Crippen LogP contribution in [0.1, 0.15) is 12.7 Å². The Balaban J connectivity index is 2.48. The first-order valence-corrected chi connectivity index (χ1v) is 6.78. The summed E-state index contributed by atoms with van der Waals surface area (Å²) in [6.07, 6.45) is 0. The summed E-state index contributed by atoms with van der Waals surface area (Å²) in [6, 6.07) is 9.12. The predicted octanol–water partition coefficient (Wildman–Crippen LogP) is 1.90. The number of hydrogen-bond donors (Lipinski definition) is 0. The molecule has 2 rings (SSSR count). The highest BCUT2D eigenvalue weighted by Gasteiger charge is 2.28. The Kier molecular flexibility index (Phi) is 5.07. The number of rotatable bonds is 5. The van der Waals surface area contributed by atoms with E-state index >= 15 is 0 Å². The molecule has 0 saturated heterocycles. The van der Waals surface area contributed by atoms with Crippen LogP contribution in [-0.2, 0) is 9.53 Å². The first-order chi connectivity index (χ1) is 11.1. The highest BCUT2D eigenvalue weighted by molar-refractivity contribution is 6.39. The second-order valence-corrected chi connectivity index (χ2v) is 4.42. The van der Waals surface area contributed by atoms with Gasteiger partial charge in [0.2, 0.25) is 5.76 Å². The molecule has 23 heavy (non-hydrogen) atoms. The second-order valence-electron chi connectivity index (χ2n) is 4.42. The standard InChI is InChI=1S/C16H14N2O5/c1-3-22-16(20)15(18-17)14-9-11(19)8-13(23-14)10-4-6-12(21-2)7-5-10/h4-9H,3H2,1-2H3. The van der Waals surface area contributed by atoms with Crippen LogP contribution in [0.2, 0.25) is 0 Å². The lowest BCUT2D eigenvalue weighted by molar-refractivity contribution is -0.139. The Morgan fingerprint density at radius 2 is 1.96 bits per heavy atom. The highest BCUT2D eigenvalue weighted by atomic mass is 16.5. The molecule has 0 fully saturated rings. The summed E-state index contributed by atoms with van der Waals surface area (Å²) in [6.45, 7) is 1.71. The van der Waals surface area contributed by atoms with Crippen molar-refractivity contribution in [1.82, 2.24) is 0 Å². The summed E-state index contributed by atoms with van der Waals surface area (Å²) < 4.78 is 15.3. The Bertz CT molecular complexity index is 817. The van der Waals surface area contributed by atoms with Gasteiger partial charge in [-0.2, -0.15) is 4.79 Å². The number of nitrogens with zero attached hydrogens (tertiary/aromatic N) is 2. The molecule has 0 amide bonds. The Hall–Kier alpha value is -3.18. The summed E-state index contributed by atoms with van der Waals surface area (Å²) in [4.78, 5) is 26.4. The van der Waals surface area contributed by atoms with Gasteiger partial charge in [0, 0.05) is 17.7 Å². The van der Waals surface area contributed by atoms with E-state index < -0.39 is 17.1 Å². The molecule has 0 aliphatic carbocycles.